The largest absolute Gasteiger partial charge is 0.385 e. The molecule has 1 saturated carbocycles. The fourth-order valence-corrected chi connectivity index (χ4v) is 3.96. The van der Waals surface area contributed by atoms with E-state index in [1.165, 1.54) is 51.4 Å². The Kier molecular flexibility index (Phi) is 8.01. The van der Waals surface area contributed by atoms with Crippen LogP contribution in [-0.2, 0) is 4.74 Å². The number of hydrogen-bond acceptors (Lipinski definition) is 2. The van der Waals surface area contributed by atoms with Gasteiger partial charge in [-0.3, -0.25) is 0 Å². The SMILES string of the molecule is CCCNC(CCCOC)C1(CC(C)C)CCCC1. The van der Waals surface area contributed by atoms with E-state index in [1.54, 1.807) is 0 Å². The molecule has 1 N–H and O–H groups in total. The minimum atomic E-state index is 0.567. The summed E-state index contributed by atoms with van der Waals surface area (Å²) in [5.41, 5.74) is 0.567. The van der Waals surface area contributed by atoms with Crippen LogP contribution >= 0.6 is 0 Å². The predicted molar refractivity (Wildman–Crippen MR) is 83.5 cm³/mol. The summed E-state index contributed by atoms with van der Waals surface area (Å²) in [7, 11) is 1.81. The molecule has 0 aromatic rings. The van der Waals surface area contributed by atoms with Crippen molar-refractivity contribution >= 4 is 0 Å². The molecule has 114 valence electrons. The first kappa shape index (κ1) is 17.0. The zero-order chi connectivity index (χ0) is 14.1. The highest BCUT2D eigenvalue weighted by molar-refractivity contribution is 4.95. The fourth-order valence-electron chi connectivity index (χ4n) is 3.96. The number of hydrogen-bond donors (Lipinski definition) is 1. The molecule has 0 bridgehead atoms. The van der Waals surface area contributed by atoms with Gasteiger partial charge in [-0.1, -0.05) is 33.6 Å². The molecule has 0 saturated heterocycles. The summed E-state index contributed by atoms with van der Waals surface area (Å²) in [5, 5.41) is 3.86. The normalized spacial score (nSPS) is 20.1. The Labute approximate surface area is 120 Å². The molecule has 0 aromatic carbocycles. The third-order valence-corrected chi connectivity index (χ3v) is 4.64. The molecule has 2 heteroatoms. The van der Waals surface area contributed by atoms with E-state index in [0.29, 0.717) is 11.5 Å². The van der Waals surface area contributed by atoms with Crippen molar-refractivity contribution in [2.24, 2.45) is 11.3 Å². The van der Waals surface area contributed by atoms with E-state index in [4.69, 9.17) is 4.74 Å². The second-order valence-corrected chi connectivity index (χ2v) is 6.81. The lowest BCUT2D eigenvalue weighted by Gasteiger charge is -2.40. The molecule has 1 fully saturated rings. The van der Waals surface area contributed by atoms with Gasteiger partial charge in [0.25, 0.3) is 0 Å². The topological polar surface area (TPSA) is 21.3 Å². The third-order valence-electron chi connectivity index (χ3n) is 4.64. The first-order chi connectivity index (χ1) is 9.14. The van der Waals surface area contributed by atoms with Crippen molar-refractivity contribution in [1.82, 2.24) is 5.32 Å². The van der Waals surface area contributed by atoms with Crippen molar-refractivity contribution in [1.29, 1.82) is 0 Å². The quantitative estimate of drug-likeness (QED) is 0.594. The highest BCUT2D eigenvalue weighted by Gasteiger charge is 2.40. The van der Waals surface area contributed by atoms with E-state index >= 15 is 0 Å². The summed E-state index contributed by atoms with van der Waals surface area (Å²) in [4.78, 5) is 0. The predicted octanol–water partition coefficient (Wildman–Crippen LogP) is 4.39. The first-order valence-electron chi connectivity index (χ1n) is 8.37. The van der Waals surface area contributed by atoms with E-state index in [2.05, 4.69) is 26.1 Å². The van der Waals surface area contributed by atoms with E-state index < -0.39 is 0 Å². The maximum Gasteiger partial charge on any atom is 0.0462 e. The van der Waals surface area contributed by atoms with Crippen LogP contribution in [0.25, 0.3) is 0 Å². The van der Waals surface area contributed by atoms with Crippen LogP contribution in [0.3, 0.4) is 0 Å². The maximum absolute atomic E-state index is 5.25. The maximum atomic E-state index is 5.25. The van der Waals surface area contributed by atoms with Crippen molar-refractivity contribution in [2.75, 3.05) is 20.3 Å². The van der Waals surface area contributed by atoms with Gasteiger partial charge in [-0.25, -0.2) is 0 Å². The molecular formula is C17H35NO. The molecule has 2 nitrogen and oxygen atoms in total. The molecule has 19 heavy (non-hydrogen) atoms. The van der Waals surface area contributed by atoms with Crippen molar-refractivity contribution in [2.45, 2.75) is 78.2 Å². The molecule has 1 atom stereocenters. The van der Waals surface area contributed by atoms with Crippen LogP contribution < -0.4 is 5.32 Å². The van der Waals surface area contributed by atoms with Crippen LogP contribution in [0.4, 0.5) is 0 Å². The highest BCUT2D eigenvalue weighted by atomic mass is 16.5. The second-order valence-electron chi connectivity index (χ2n) is 6.81. The van der Waals surface area contributed by atoms with Crippen LogP contribution in [0.1, 0.15) is 72.1 Å². The highest BCUT2D eigenvalue weighted by Crippen LogP contribution is 2.47. The zero-order valence-corrected chi connectivity index (χ0v) is 13.6. The van der Waals surface area contributed by atoms with Crippen LogP contribution in [0, 0.1) is 11.3 Å². The number of ether oxygens (including phenoxy) is 1. The minimum absolute atomic E-state index is 0.567. The van der Waals surface area contributed by atoms with Gasteiger partial charge >= 0.3 is 0 Å². The van der Waals surface area contributed by atoms with E-state index in [-0.39, 0.29) is 0 Å². The smallest absolute Gasteiger partial charge is 0.0462 e. The Bertz CT molecular complexity index is 221. The molecule has 0 spiro atoms. The molecule has 0 heterocycles. The van der Waals surface area contributed by atoms with E-state index in [9.17, 15) is 0 Å². The monoisotopic (exact) mass is 269 g/mol. The summed E-state index contributed by atoms with van der Waals surface area (Å²) in [6, 6.07) is 0.701. The molecule has 0 aliphatic heterocycles. The zero-order valence-electron chi connectivity index (χ0n) is 13.6. The van der Waals surface area contributed by atoms with E-state index in [0.717, 1.165) is 19.1 Å². The van der Waals surface area contributed by atoms with Gasteiger partial charge in [-0.15, -0.1) is 0 Å². The Balaban J connectivity index is 2.65. The van der Waals surface area contributed by atoms with Crippen LogP contribution in [0.15, 0.2) is 0 Å². The molecule has 0 aromatic heterocycles. The Morgan fingerprint density at radius 1 is 1.21 bits per heavy atom. The Morgan fingerprint density at radius 2 is 1.89 bits per heavy atom. The molecular weight excluding hydrogens is 234 g/mol. The van der Waals surface area contributed by atoms with Crippen molar-refractivity contribution in [3.8, 4) is 0 Å². The average Bonchev–Trinajstić information content (AvgIpc) is 2.82. The van der Waals surface area contributed by atoms with Gasteiger partial charge in [0.1, 0.15) is 0 Å². The van der Waals surface area contributed by atoms with Gasteiger partial charge in [-0.2, -0.15) is 0 Å². The van der Waals surface area contributed by atoms with Crippen molar-refractivity contribution < 1.29 is 4.74 Å². The van der Waals surface area contributed by atoms with Gasteiger partial charge in [0.05, 0.1) is 0 Å². The van der Waals surface area contributed by atoms with E-state index in [1.807, 2.05) is 7.11 Å². The molecule has 0 radical (unpaired) electrons. The van der Waals surface area contributed by atoms with Gasteiger partial charge < -0.3 is 10.1 Å². The standard InChI is InChI=1S/C17H35NO/c1-5-12-18-16(9-8-13-19-4)17(14-15(2)3)10-6-7-11-17/h15-16,18H,5-14H2,1-4H3. The van der Waals surface area contributed by atoms with Gasteiger partial charge in [0.2, 0.25) is 0 Å². The van der Waals surface area contributed by atoms with Crippen molar-refractivity contribution in [3.05, 3.63) is 0 Å². The summed E-state index contributed by atoms with van der Waals surface area (Å²) in [6.07, 6.45) is 10.8. The Morgan fingerprint density at radius 3 is 2.42 bits per heavy atom. The third kappa shape index (κ3) is 5.43. The lowest BCUT2D eigenvalue weighted by molar-refractivity contribution is 0.129. The molecule has 1 aliphatic rings. The summed E-state index contributed by atoms with van der Waals surface area (Å²) in [5.74, 6) is 0.812. The first-order valence-corrected chi connectivity index (χ1v) is 8.37. The van der Waals surface area contributed by atoms with Crippen LogP contribution in [0.5, 0.6) is 0 Å². The summed E-state index contributed by atoms with van der Waals surface area (Å²) >= 11 is 0. The lowest BCUT2D eigenvalue weighted by atomic mass is 9.71. The molecule has 1 rings (SSSR count). The average molecular weight is 269 g/mol. The summed E-state index contributed by atoms with van der Waals surface area (Å²) in [6.45, 7) is 9.10. The fraction of sp³-hybridized carbons (Fsp3) is 1.00. The number of methoxy groups -OCH3 is 1. The van der Waals surface area contributed by atoms with Gasteiger partial charge in [0, 0.05) is 19.8 Å². The number of nitrogens with one attached hydrogen (secondary N) is 1. The lowest BCUT2D eigenvalue weighted by Crippen LogP contribution is -2.45. The van der Waals surface area contributed by atoms with Crippen molar-refractivity contribution in [3.63, 3.8) is 0 Å². The molecule has 1 aliphatic carbocycles. The summed E-state index contributed by atoms with van der Waals surface area (Å²) < 4.78 is 5.25. The minimum Gasteiger partial charge on any atom is -0.385 e. The van der Waals surface area contributed by atoms with Crippen LogP contribution in [0.2, 0.25) is 0 Å². The molecule has 0 amide bonds. The molecule has 1 unspecified atom stereocenters. The second kappa shape index (κ2) is 8.97. The van der Waals surface area contributed by atoms with Crippen LogP contribution in [-0.4, -0.2) is 26.3 Å². The Hall–Kier alpha value is -0.0800. The van der Waals surface area contributed by atoms with Gasteiger partial charge in [-0.05, 0) is 56.4 Å². The van der Waals surface area contributed by atoms with Gasteiger partial charge in [0.15, 0.2) is 0 Å². The number of rotatable bonds is 10.